The van der Waals surface area contributed by atoms with Gasteiger partial charge in [0.15, 0.2) is 0 Å². The van der Waals surface area contributed by atoms with E-state index < -0.39 is 0 Å². The van der Waals surface area contributed by atoms with Crippen LogP contribution in [0.15, 0.2) is 0 Å². The van der Waals surface area contributed by atoms with Crippen molar-refractivity contribution in [2.24, 2.45) is 5.92 Å². The van der Waals surface area contributed by atoms with Crippen molar-refractivity contribution in [2.75, 3.05) is 19.6 Å². The molecule has 1 heteroatoms. The van der Waals surface area contributed by atoms with Crippen LogP contribution >= 0.6 is 0 Å². The minimum absolute atomic E-state index is 0.995. The minimum Gasteiger partial charge on any atom is -0.303 e. The number of piperidine rings is 1. The number of hydrogen-bond acceptors (Lipinski definition) is 1. The zero-order chi connectivity index (χ0) is 10.9. The molecule has 0 spiro atoms. The number of rotatable bonds is 7. The molecule has 1 nitrogen and oxygen atoms in total. The van der Waals surface area contributed by atoms with Gasteiger partial charge in [-0.3, -0.25) is 0 Å². The van der Waals surface area contributed by atoms with Gasteiger partial charge in [0.1, 0.15) is 0 Å². The van der Waals surface area contributed by atoms with Crippen LogP contribution in [0.3, 0.4) is 0 Å². The lowest BCUT2D eigenvalue weighted by Crippen LogP contribution is -2.35. The normalized spacial score (nSPS) is 23.2. The van der Waals surface area contributed by atoms with Crippen LogP contribution in [0.2, 0.25) is 0 Å². The number of hydrogen-bond donors (Lipinski definition) is 0. The van der Waals surface area contributed by atoms with Crippen molar-refractivity contribution in [2.45, 2.75) is 65.2 Å². The van der Waals surface area contributed by atoms with Crippen LogP contribution in [-0.4, -0.2) is 24.5 Å². The van der Waals surface area contributed by atoms with Crippen molar-refractivity contribution >= 4 is 0 Å². The van der Waals surface area contributed by atoms with E-state index in [0.29, 0.717) is 0 Å². The van der Waals surface area contributed by atoms with E-state index in [-0.39, 0.29) is 0 Å². The van der Waals surface area contributed by atoms with Gasteiger partial charge in [-0.1, -0.05) is 46.0 Å². The molecule has 0 aromatic rings. The quantitative estimate of drug-likeness (QED) is 0.574. The largest absolute Gasteiger partial charge is 0.303 e. The molecule has 1 atom stereocenters. The summed E-state index contributed by atoms with van der Waals surface area (Å²) in [4.78, 5) is 2.70. The first-order valence-corrected chi connectivity index (χ1v) is 7.09. The van der Waals surface area contributed by atoms with E-state index >= 15 is 0 Å². The predicted molar refractivity (Wildman–Crippen MR) is 68.2 cm³/mol. The number of likely N-dealkylation sites (tertiary alicyclic amines) is 1. The highest BCUT2D eigenvalue weighted by atomic mass is 15.1. The zero-order valence-electron chi connectivity index (χ0n) is 10.8. The van der Waals surface area contributed by atoms with Crippen molar-refractivity contribution in [1.82, 2.24) is 4.90 Å². The van der Waals surface area contributed by atoms with Gasteiger partial charge in [-0.15, -0.1) is 0 Å². The maximum absolute atomic E-state index is 2.70. The summed E-state index contributed by atoms with van der Waals surface area (Å²) in [6.07, 6.45) is 11.4. The average Bonchev–Trinajstić information content (AvgIpc) is 2.29. The fourth-order valence-corrected chi connectivity index (χ4v) is 2.63. The summed E-state index contributed by atoms with van der Waals surface area (Å²) < 4.78 is 0. The predicted octanol–water partition coefficient (Wildman–Crippen LogP) is 4.08. The van der Waals surface area contributed by atoms with E-state index in [1.807, 2.05) is 0 Å². The summed E-state index contributed by atoms with van der Waals surface area (Å²) in [5, 5.41) is 0. The van der Waals surface area contributed by atoms with Gasteiger partial charge in [0.2, 0.25) is 0 Å². The van der Waals surface area contributed by atoms with Crippen molar-refractivity contribution in [3.63, 3.8) is 0 Å². The second-order valence-corrected chi connectivity index (χ2v) is 5.13. The molecule has 90 valence electrons. The molecule has 0 aromatic carbocycles. The third-order valence-electron chi connectivity index (χ3n) is 3.76. The molecular formula is C14H29N. The van der Waals surface area contributed by atoms with Crippen LogP contribution in [-0.2, 0) is 0 Å². The molecule has 1 aliphatic heterocycles. The molecule has 1 fully saturated rings. The lowest BCUT2D eigenvalue weighted by molar-refractivity contribution is 0.169. The van der Waals surface area contributed by atoms with Crippen molar-refractivity contribution in [1.29, 1.82) is 0 Å². The van der Waals surface area contributed by atoms with Gasteiger partial charge in [-0.05, 0) is 38.3 Å². The Morgan fingerprint density at radius 2 is 1.87 bits per heavy atom. The van der Waals surface area contributed by atoms with Crippen LogP contribution in [0.1, 0.15) is 65.2 Å². The Morgan fingerprint density at radius 3 is 2.60 bits per heavy atom. The SMILES string of the molecule is CCCCCCCN1CCCC(CC)C1. The van der Waals surface area contributed by atoms with Crippen LogP contribution in [0.5, 0.6) is 0 Å². The van der Waals surface area contributed by atoms with Gasteiger partial charge in [0.25, 0.3) is 0 Å². The summed E-state index contributed by atoms with van der Waals surface area (Å²) in [7, 11) is 0. The molecule has 15 heavy (non-hydrogen) atoms. The highest BCUT2D eigenvalue weighted by Crippen LogP contribution is 2.19. The van der Waals surface area contributed by atoms with Gasteiger partial charge in [0.05, 0.1) is 0 Å². The Bertz CT molecular complexity index is 144. The Morgan fingerprint density at radius 1 is 1.07 bits per heavy atom. The van der Waals surface area contributed by atoms with E-state index in [2.05, 4.69) is 18.7 Å². The Labute approximate surface area is 96.2 Å². The molecule has 0 radical (unpaired) electrons. The first-order valence-electron chi connectivity index (χ1n) is 7.09. The van der Waals surface area contributed by atoms with Crippen LogP contribution in [0, 0.1) is 5.92 Å². The molecule has 0 N–H and O–H groups in total. The second kappa shape index (κ2) is 8.15. The van der Waals surface area contributed by atoms with Crippen LogP contribution < -0.4 is 0 Å². The third-order valence-corrected chi connectivity index (χ3v) is 3.76. The monoisotopic (exact) mass is 211 g/mol. The van der Waals surface area contributed by atoms with Gasteiger partial charge in [-0.25, -0.2) is 0 Å². The fourth-order valence-electron chi connectivity index (χ4n) is 2.63. The molecule has 0 amide bonds. The summed E-state index contributed by atoms with van der Waals surface area (Å²) in [5.41, 5.74) is 0. The Hall–Kier alpha value is -0.0400. The maximum atomic E-state index is 2.70. The second-order valence-electron chi connectivity index (χ2n) is 5.13. The lowest BCUT2D eigenvalue weighted by atomic mass is 9.95. The van der Waals surface area contributed by atoms with Gasteiger partial charge in [-0.2, -0.15) is 0 Å². The molecule has 1 aliphatic rings. The number of nitrogens with zero attached hydrogens (tertiary/aromatic N) is 1. The molecule has 1 rings (SSSR count). The highest BCUT2D eigenvalue weighted by Gasteiger charge is 2.17. The zero-order valence-corrected chi connectivity index (χ0v) is 10.8. The molecule has 0 aromatic heterocycles. The minimum atomic E-state index is 0.995. The van der Waals surface area contributed by atoms with Gasteiger partial charge < -0.3 is 4.90 Å². The maximum Gasteiger partial charge on any atom is 0.000956 e. The molecule has 0 bridgehead atoms. The van der Waals surface area contributed by atoms with Gasteiger partial charge >= 0.3 is 0 Å². The Kier molecular flexibility index (Phi) is 7.08. The molecule has 1 unspecified atom stereocenters. The van der Waals surface area contributed by atoms with Crippen LogP contribution in [0.4, 0.5) is 0 Å². The van der Waals surface area contributed by atoms with E-state index in [4.69, 9.17) is 0 Å². The van der Waals surface area contributed by atoms with E-state index in [1.54, 1.807) is 0 Å². The molecule has 0 aliphatic carbocycles. The molecule has 1 heterocycles. The van der Waals surface area contributed by atoms with E-state index in [0.717, 1.165) is 5.92 Å². The highest BCUT2D eigenvalue weighted by molar-refractivity contribution is 4.71. The van der Waals surface area contributed by atoms with Crippen molar-refractivity contribution < 1.29 is 0 Å². The molecule has 1 saturated heterocycles. The summed E-state index contributed by atoms with van der Waals surface area (Å²) in [6, 6.07) is 0. The van der Waals surface area contributed by atoms with Crippen molar-refractivity contribution in [3.8, 4) is 0 Å². The molecule has 0 saturated carbocycles. The summed E-state index contributed by atoms with van der Waals surface area (Å²) in [6.45, 7) is 8.74. The smallest absolute Gasteiger partial charge is 0.000956 e. The van der Waals surface area contributed by atoms with Crippen molar-refractivity contribution in [3.05, 3.63) is 0 Å². The third kappa shape index (κ3) is 5.55. The average molecular weight is 211 g/mol. The standard InChI is InChI=1S/C14H29N/c1-3-5-6-7-8-11-15-12-9-10-14(4-2)13-15/h14H,3-13H2,1-2H3. The fraction of sp³-hybridized carbons (Fsp3) is 1.00. The topological polar surface area (TPSA) is 3.24 Å². The van der Waals surface area contributed by atoms with E-state index in [1.165, 1.54) is 71.0 Å². The Balaban J connectivity index is 2.00. The first-order chi connectivity index (χ1) is 7.36. The number of unbranched alkanes of at least 4 members (excludes halogenated alkanes) is 4. The van der Waals surface area contributed by atoms with Crippen LogP contribution in [0.25, 0.3) is 0 Å². The summed E-state index contributed by atoms with van der Waals surface area (Å²) >= 11 is 0. The lowest BCUT2D eigenvalue weighted by Gasteiger charge is -2.32. The van der Waals surface area contributed by atoms with E-state index in [9.17, 15) is 0 Å². The first kappa shape index (κ1) is 13.0. The molecular weight excluding hydrogens is 182 g/mol. The van der Waals surface area contributed by atoms with Gasteiger partial charge in [0, 0.05) is 6.54 Å². The summed E-state index contributed by atoms with van der Waals surface area (Å²) in [5.74, 6) is 0.995.